The zero-order chi connectivity index (χ0) is 16.7. The summed E-state index contributed by atoms with van der Waals surface area (Å²) >= 11 is 0. The van der Waals surface area contributed by atoms with E-state index in [0.717, 1.165) is 48.2 Å². The van der Waals surface area contributed by atoms with Crippen LogP contribution in [0.1, 0.15) is 43.8 Å². The van der Waals surface area contributed by atoms with E-state index in [0.29, 0.717) is 17.9 Å². The second-order valence-corrected chi connectivity index (χ2v) is 7.10. The fourth-order valence-electron chi connectivity index (χ4n) is 2.95. The molecule has 7 heteroatoms. The van der Waals surface area contributed by atoms with Gasteiger partial charge in [0.05, 0.1) is 12.2 Å². The average Bonchev–Trinajstić information content (AvgIpc) is 3.22. The quantitative estimate of drug-likeness (QED) is 0.870. The molecule has 0 amide bonds. The maximum atomic E-state index is 5.89. The standard InChI is InChI=1S/C17H23N7/c1-10(2)5-14-19-7-11-8-24(9-13(11)21-14)16-6-15(20-12-3-4-12)22-17(18)23-16/h6-7,10,12H,3-5,8-9H2,1-2H3,(H3,18,20,22,23). The number of fused-ring (bicyclic) bond motifs is 1. The van der Waals surface area contributed by atoms with Crippen LogP contribution in [0.5, 0.6) is 0 Å². The van der Waals surface area contributed by atoms with Gasteiger partial charge < -0.3 is 16.0 Å². The number of nitrogen functional groups attached to an aromatic ring is 1. The molecule has 1 aliphatic heterocycles. The second-order valence-electron chi connectivity index (χ2n) is 7.10. The Labute approximate surface area is 141 Å². The lowest BCUT2D eigenvalue weighted by atomic mass is 10.1. The molecule has 3 N–H and O–H groups in total. The van der Waals surface area contributed by atoms with Crippen LogP contribution in [-0.2, 0) is 19.5 Å². The van der Waals surface area contributed by atoms with Crippen molar-refractivity contribution in [3.63, 3.8) is 0 Å². The van der Waals surface area contributed by atoms with Crippen LogP contribution in [0, 0.1) is 5.92 Å². The van der Waals surface area contributed by atoms with Gasteiger partial charge in [-0.25, -0.2) is 9.97 Å². The summed E-state index contributed by atoms with van der Waals surface area (Å²) in [4.78, 5) is 20.1. The summed E-state index contributed by atoms with van der Waals surface area (Å²) in [5.41, 5.74) is 8.15. The first-order valence-electron chi connectivity index (χ1n) is 8.56. The minimum absolute atomic E-state index is 0.304. The van der Waals surface area contributed by atoms with Gasteiger partial charge in [-0.1, -0.05) is 13.8 Å². The van der Waals surface area contributed by atoms with Crippen LogP contribution in [0.3, 0.4) is 0 Å². The number of aromatic nitrogens is 4. The largest absolute Gasteiger partial charge is 0.368 e. The molecule has 126 valence electrons. The Balaban J connectivity index is 1.54. The predicted molar refractivity (Wildman–Crippen MR) is 93.6 cm³/mol. The molecule has 0 unspecified atom stereocenters. The second kappa shape index (κ2) is 5.89. The highest BCUT2D eigenvalue weighted by molar-refractivity contribution is 5.55. The number of rotatable bonds is 5. The molecular formula is C17H23N7. The highest BCUT2D eigenvalue weighted by Crippen LogP contribution is 2.29. The van der Waals surface area contributed by atoms with Crippen molar-refractivity contribution in [2.75, 3.05) is 16.0 Å². The van der Waals surface area contributed by atoms with Crippen LogP contribution >= 0.6 is 0 Å². The van der Waals surface area contributed by atoms with Crippen molar-refractivity contribution in [1.82, 2.24) is 19.9 Å². The van der Waals surface area contributed by atoms with Gasteiger partial charge in [-0.05, 0) is 18.8 Å². The third-order valence-electron chi connectivity index (χ3n) is 4.28. The van der Waals surface area contributed by atoms with Crippen LogP contribution in [0.2, 0.25) is 0 Å². The Kier molecular flexibility index (Phi) is 3.70. The van der Waals surface area contributed by atoms with Crippen LogP contribution in [0.15, 0.2) is 12.3 Å². The molecule has 24 heavy (non-hydrogen) atoms. The lowest BCUT2D eigenvalue weighted by Crippen LogP contribution is -2.18. The molecule has 0 atom stereocenters. The molecule has 7 nitrogen and oxygen atoms in total. The molecular weight excluding hydrogens is 302 g/mol. The number of nitrogens with two attached hydrogens (primary N) is 1. The van der Waals surface area contributed by atoms with Crippen LogP contribution in [-0.4, -0.2) is 26.0 Å². The van der Waals surface area contributed by atoms with E-state index in [1.165, 1.54) is 12.8 Å². The van der Waals surface area contributed by atoms with Gasteiger partial charge in [0.25, 0.3) is 0 Å². The van der Waals surface area contributed by atoms with Crippen molar-refractivity contribution in [3.8, 4) is 0 Å². The summed E-state index contributed by atoms with van der Waals surface area (Å²) in [7, 11) is 0. The lowest BCUT2D eigenvalue weighted by molar-refractivity contribution is 0.617. The first-order valence-corrected chi connectivity index (χ1v) is 8.56. The van der Waals surface area contributed by atoms with E-state index in [1.807, 2.05) is 12.3 Å². The van der Waals surface area contributed by atoms with Crippen molar-refractivity contribution in [2.24, 2.45) is 5.92 Å². The minimum Gasteiger partial charge on any atom is -0.368 e. The maximum absolute atomic E-state index is 5.89. The summed E-state index contributed by atoms with van der Waals surface area (Å²) in [5, 5.41) is 3.39. The van der Waals surface area contributed by atoms with Gasteiger partial charge in [-0.2, -0.15) is 9.97 Å². The molecule has 0 saturated heterocycles. The van der Waals surface area contributed by atoms with E-state index < -0.39 is 0 Å². The van der Waals surface area contributed by atoms with Gasteiger partial charge in [0.1, 0.15) is 17.5 Å². The smallest absolute Gasteiger partial charge is 0.223 e. The van der Waals surface area contributed by atoms with E-state index in [1.54, 1.807) is 0 Å². The van der Waals surface area contributed by atoms with Crippen molar-refractivity contribution >= 4 is 17.6 Å². The molecule has 0 aromatic carbocycles. The molecule has 2 aromatic rings. The summed E-state index contributed by atoms with van der Waals surface area (Å²) in [6.07, 6.45) is 5.25. The van der Waals surface area contributed by atoms with Gasteiger partial charge in [0.2, 0.25) is 5.95 Å². The molecule has 2 aromatic heterocycles. The molecule has 3 heterocycles. The molecule has 1 fully saturated rings. The molecule has 1 saturated carbocycles. The zero-order valence-electron chi connectivity index (χ0n) is 14.2. The van der Waals surface area contributed by atoms with E-state index in [-0.39, 0.29) is 0 Å². The zero-order valence-corrected chi connectivity index (χ0v) is 14.2. The minimum atomic E-state index is 0.304. The van der Waals surface area contributed by atoms with Crippen molar-refractivity contribution in [2.45, 2.75) is 52.2 Å². The Morgan fingerprint density at radius 2 is 2.08 bits per heavy atom. The molecule has 2 aliphatic rings. The third kappa shape index (κ3) is 3.25. The van der Waals surface area contributed by atoms with Gasteiger partial charge in [0, 0.05) is 36.8 Å². The van der Waals surface area contributed by atoms with Gasteiger partial charge in [0.15, 0.2) is 0 Å². The van der Waals surface area contributed by atoms with E-state index in [2.05, 4.69) is 39.0 Å². The fourth-order valence-corrected chi connectivity index (χ4v) is 2.95. The van der Waals surface area contributed by atoms with Crippen molar-refractivity contribution < 1.29 is 0 Å². The number of anilines is 3. The Hall–Kier alpha value is -2.44. The summed E-state index contributed by atoms with van der Waals surface area (Å²) in [6.45, 7) is 5.86. The Morgan fingerprint density at radius 3 is 2.83 bits per heavy atom. The van der Waals surface area contributed by atoms with Crippen molar-refractivity contribution in [3.05, 3.63) is 29.3 Å². The van der Waals surface area contributed by atoms with Crippen molar-refractivity contribution in [1.29, 1.82) is 0 Å². The van der Waals surface area contributed by atoms with Crippen LogP contribution < -0.4 is 16.0 Å². The molecule has 0 bridgehead atoms. The number of hydrogen-bond donors (Lipinski definition) is 2. The number of nitrogens with one attached hydrogen (secondary N) is 1. The Bertz CT molecular complexity index is 755. The topological polar surface area (TPSA) is 92.9 Å². The summed E-state index contributed by atoms with van der Waals surface area (Å²) in [6, 6.07) is 2.51. The summed E-state index contributed by atoms with van der Waals surface area (Å²) in [5.74, 6) is 3.43. The fraction of sp³-hybridized carbons (Fsp3) is 0.529. The monoisotopic (exact) mass is 325 g/mol. The van der Waals surface area contributed by atoms with E-state index >= 15 is 0 Å². The maximum Gasteiger partial charge on any atom is 0.223 e. The normalized spacial score (nSPS) is 16.5. The average molecular weight is 325 g/mol. The number of hydrogen-bond acceptors (Lipinski definition) is 7. The predicted octanol–water partition coefficient (Wildman–Crippen LogP) is 2.14. The first-order chi connectivity index (χ1) is 11.6. The van der Waals surface area contributed by atoms with Gasteiger partial charge >= 0.3 is 0 Å². The highest BCUT2D eigenvalue weighted by atomic mass is 15.2. The van der Waals surface area contributed by atoms with E-state index in [4.69, 9.17) is 10.7 Å². The number of nitrogens with zero attached hydrogens (tertiary/aromatic N) is 5. The van der Waals surface area contributed by atoms with Gasteiger partial charge in [-0.15, -0.1) is 0 Å². The summed E-state index contributed by atoms with van der Waals surface area (Å²) < 4.78 is 0. The SMILES string of the molecule is CC(C)Cc1ncc2c(n1)CN(c1cc(NC3CC3)nc(N)n1)C2. The lowest BCUT2D eigenvalue weighted by Gasteiger charge is -2.17. The van der Waals surface area contributed by atoms with E-state index in [9.17, 15) is 0 Å². The highest BCUT2D eigenvalue weighted by Gasteiger charge is 2.25. The molecule has 4 rings (SSSR count). The van der Waals surface area contributed by atoms with Crippen LogP contribution in [0.4, 0.5) is 17.6 Å². The van der Waals surface area contributed by atoms with Gasteiger partial charge in [-0.3, -0.25) is 0 Å². The third-order valence-corrected chi connectivity index (χ3v) is 4.28. The first kappa shape index (κ1) is 15.1. The molecule has 0 radical (unpaired) electrons. The molecule has 0 spiro atoms. The van der Waals surface area contributed by atoms with Crippen LogP contribution in [0.25, 0.3) is 0 Å². The Morgan fingerprint density at radius 1 is 1.25 bits per heavy atom. The molecule has 1 aliphatic carbocycles.